The number of para-hydroxylation sites is 1. The Bertz CT molecular complexity index is 439. The SMILES string of the molecule is CSCCCNc1nccn1-c1ccccc1. The maximum Gasteiger partial charge on any atom is 0.207 e. The van der Waals surface area contributed by atoms with Crippen molar-refractivity contribution in [3.63, 3.8) is 0 Å². The molecule has 4 heteroatoms. The Morgan fingerprint density at radius 2 is 2.12 bits per heavy atom. The maximum absolute atomic E-state index is 4.34. The molecule has 17 heavy (non-hydrogen) atoms. The molecule has 0 spiro atoms. The van der Waals surface area contributed by atoms with Crippen molar-refractivity contribution in [2.24, 2.45) is 0 Å². The average molecular weight is 247 g/mol. The van der Waals surface area contributed by atoms with Crippen LogP contribution >= 0.6 is 11.8 Å². The van der Waals surface area contributed by atoms with E-state index in [0.717, 1.165) is 24.6 Å². The van der Waals surface area contributed by atoms with Crippen LogP contribution in [-0.4, -0.2) is 28.1 Å². The number of imidazole rings is 1. The highest BCUT2D eigenvalue weighted by atomic mass is 32.2. The summed E-state index contributed by atoms with van der Waals surface area (Å²) in [7, 11) is 0. The first-order valence-corrected chi connectivity index (χ1v) is 7.13. The highest BCUT2D eigenvalue weighted by molar-refractivity contribution is 7.98. The number of nitrogens with zero attached hydrogens (tertiary/aromatic N) is 2. The first-order valence-electron chi connectivity index (χ1n) is 5.73. The molecule has 0 saturated heterocycles. The summed E-state index contributed by atoms with van der Waals surface area (Å²) in [5.74, 6) is 2.09. The van der Waals surface area contributed by atoms with E-state index in [-0.39, 0.29) is 0 Å². The monoisotopic (exact) mass is 247 g/mol. The van der Waals surface area contributed by atoms with Gasteiger partial charge in [0.15, 0.2) is 0 Å². The van der Waals surface area contributed by atoms with E-state index in [9.17, 15) is 0 Å². The van der Waals surface area contributed by atoms with Crippen LogP contribution in [0, 0.1) is 0 Å². The van der Waals surface area contributed by atoms with Crippen molar-refractivity contribution in [1.29, 1.82) is 0 Å². The van der Waals surface area contributed by atoms with Crippen molar-refractivity contribution in [1.82, 2.24) is 9.55 Å². The average Bonchev–Trinajstić information content (AvgIpc) is 2.84. The van der Waals surface area contributed by atoms with E-state index in [0.29, 0.717) is 0 Å². The van der Waals surface area contributed by atoms with E-state index in [1.165, 1.54) is 5.75 Å². The number of aromatic nitrogens is 2. The van der Waals surface area contributed by atoms with Crippen LogP contribution < -0.4 is 5.32 Å². The van der Waals surface area contributed by atoms with Crippen molar-refractivity contribution in [3.05, 3.63) is 42.7 Å². The van der Waals surface area contributed by atoms with E-state index in [1.807, 2.05) is 42.4 Å². The van der Waals surface area contributed by atoms with Gasteiger partial charge < -0.3 is 5.32 Å². The summed E-state index contributed by atoms with van der Waals surface area (Å²) in [5.41, 5.74) is 1.14. The van der Waals surface area contributed by atoms with Gasteiger partial charge in [0.1, 0.15) is 0 Å². The quantitative estimate of drug-likeness (QED) is 0.796. The Balaban J connectivity index is 2.02. The van der Waals surface area contributed by atoms with E-state index in [4.69, 9.17) is 0 Å². The minimum atomic E-state index is 0.914. The van der Waals surface area contributed by atoms with Crippen molar-refractivity contribution in [3.8, 4) is 5.69 Å². The Morgan fingerprint density at radius 3 is 2.88 bits per heavy atom. The Morgan fingerprint density at radius 1 is 1.29 bits per heavy atom. The normalized spacial score (nSPS) is 10.4. The summed E-state index contributed by atoms with van der Waals surface area (Å²) >= 11 is 1.87. The summed E-state index contributed by atoms with van der Waals surface area (Å²) in [6.45, 7) is 0.963. The van der Waals surface area contributed by atoms with E-state index >= 15 is 0 Å². The standard InChI is InChI=1S/C13H17N3S/c1-17-11-5-8-14-13-15-9-10-16(13)12-6-3-2-4-7-12/h2-4,6-7,9-10H,5,8,11H2,1H3,(H,14,15). The molecular weight excluding hydrogens is 230 g/mol. The van der Waals surface area contributed by atoms with Crippen LogP contribution in [-0.2, 0) is 0 Å². The molecule has 0 aliphatic heterocycles. The van der Waals surface area contributed by atoms with E-state index < -0.39 is 0 Å². The van der Waals surface area contributed by atoms with Gasteiger partial charge in [-0.15, -0.1) is 0 Å². The highest BCUT2D eigenvalue weighted by Crippen LogP contribution is 2.13. The van der Waals surface area contributed by atoms with Crippen LogP contribution in [0.3, 0.4) is 0 Å². The molecule has 0 saturated carbocycles. The van der Waals surface area contributed by atoms with Crippen LogP contribution in [0.1, 0.15) is 6.42 Å². The second-order valence-electron chi connectivity index (χ2n) is 3.73. The molecule has 0 aliphatic rings. The lowest BCUT2D eigenvalue weighted by atomic mass is 10.3. The lowest BCUT2D eigenvalue weighted by Crippen LogP contribution is -2.08. The first-order chi connectivity index (χ1) is 8.42. The summed E-state index contributed by atoms with van der Waals surface area (Å²) in [6, 6.07) is 10.2. The zero-order valence-electron chi connectivity index (χ0n) is 9.97. The zero-order chi connectivity index (χ0) is 11.9. The first kappa shape index (κ1) is 12.0. The summed E-state index contributed by atoms with van der Waals surface area (Å²) in [5, 5.41) is 3.37. The number of rotatable bonds is 6. The third kappa shape index (κ3) is 3.27. The summed E-state index contributed by atoms with van der Waals surface area (Å²) in [6.07, 6.45) is 7.09. The molecule has 3 nitrogen and oxygen atoms in total. The van der Waals surface area contributed by atoms with Gasteiger partial charge >= 0.3 is 0 Å². The Labute approximate surface area is 106 Å². The Hall–Kier alpha value is -1.42. The van der Waals surface area contributed by atoms with E-state index in [2.05, 4.69) is 33.3 Å². The number of nitrogens with one attached hydrogen (secondary N) is 1. The van der Waals surface area contributed by atoms with Gasteiger partial charge in [-0.25, -0.2) is 4.98 Å². The van der Waals surface area contributed by atoms with Gasteiger partial charge in [-0.3, -0.25) is 4.57 Å². The predicted octanol–water partition coefficient (Wildman–Crippen LogP) is 3.04. The molecular formula is C13H17N3S. The summed E-state index contributed by atoms with van der Waals surface area (Å²) < 4.78 is 2.07. The molecule has 0 fully saturated rings. The van der Waals surface area contributed by atoms with Crippen LogP contribution in [0.25, 0.3) is 5.69 Å². The van der Waals surface area contributed by atoms with Crippen LogP contribution in [0.4, 0.5) is 5.95 Å². The third-order valence-corrected chi connectivity index (χ3v) is 3.18. The lowest BCUT2D eigenvalue weighted by molar-refractivity contribution is 0.945. The molecule has 0 unspecified atom stereocenters. The second-order valence-corrected chi connectivity index (χ2v) is 4.72. The fourth-order valence-electron chi connectivity index (χ4n) is 1.65. The third-order valence-electron chi connectivity index (χ3n) is 2.48. The van der Waals surface area contributed by atoms with Crippen molar-refractivity contribution in [2.45, 2.75) is 6.42 Å². The summed E-state index contributed by atoms with van der Waals surface area (Å²) in [4.78, 5) is 4.34. The van der Waals surface area contributed by atoms with Crippen molar-refractivity contribution < 1.29 is 0 Å². The molecule has 2 rings (SSSR count). The number of benzene rings is 1. The number of thioether (sulfide) groups is 1. The van der Waals surface area contributed by atoms with E-state index in [1.54, 1.807) is 0 Å². The fourth-order valence-corrected chi connectivity index (χ4v) is 2.08. The lowest BCUT2D eigenvalue weighted by Gasteiger charge is -2.09. The number of anilines is 1. The number of hydrogen-bond donors (Lipinski definition) is 1. The molecule has 0 atom stereocenters. The predicted molar refractivity (Wildman–Crippen MR) is 75.1 cm³/mol. The largest absolute Gasteiger partial charge is 0.355 e. The molecule has 1 aromatic heterocycles. The molecule has 0 aliphatic carbocycles. The van der Waals surface area contributed by atoms with Gasteiger partial charge in [0.05, 0.1) is 0 Å². The Kier molecular flexibility index (Phi) is 4.50. The van der Waals surface area contributed by atoms with Gasteiger partial charge in [-0.2, -0.15) is 11.8 Å². The molecule has 2 aromatic rings. The van der Waals surface area contributed by atoms with Gasteiger partial charge in [0, 0.05) is 24.6 Å². The zero-order valence-corrected chi connectivity index (χ0v) is 10.8. The maximum atomic E-state index is 4.34. The highest BCUT2D eigenvalue weighted by Gasteiger charge is 2.02. The smallest absolute Gasteiger partial charge is 0.207 e. The van der Waals surface area contributed by atoms with Gasteiger partial charge in [-0.1, -0.05) is 18.2 Å². The minimum absolute atomic E-state index is 0.914. The molecule has 0 bridgehead atoms. The molecule has 90 valence electrons. The molecule has 1 aromatic carbocycles. The fraction of sp³-hybridized carbons (Fsp3) is 0.308. The molecule has 0 radical (unpaired) electrons. The molecule has 1 heterocycles. The van der Waals surface area contributed by atoms with Crippen molar-refractivity contribution in [2.75, 3.05) is 23.9 Å². The molecule has 0 amide bonds. The van der Waals surface area contributed by atoms with Gasteiger partial charge in [0.2, 0.25) is 5.95 Å². The van der Waals surface area contributed by atoms with Crippen LogP contribution in [0.2, 0.25) is 0 Å². The van der Waals surface area contributed by atoms with Crippen LogP contribution in [0.5, 0.6) is 0 Å². The topological polar surface area (TPSA) is 29.9 Å². The minimum Gasteiger partial charge on any atom is -0.355 e. The van der Waals surface area contributed by atoms with Crippen LogP contribution in [0.15, 0.2) is 42.7 Å². The molecule has 1 N–H and O–H groups in total. The van der Waals surface area contributed by atoms with Crippen molar-refractivity contribution >= 4 is 17.7 Å². The van der Waals surface area contributed by atoms with Gasteiger partial charge in [0.25, 0.3) is 0 Å². The number of hydrogen-bond acceptors (Lipinski definition) is 3. The second kappa shape index (κ2) is 6.35. The van der Waals surface area contributed by atoms with Gasteiger partial charge in [-0.05, 0) is 30.6 Å².